The quantitative estimate of drug-likeness (QED) is 0.906. The zero-order valence-electron chi connectivity index (χ0n) is 8.83. The Balaban J connectivity index is 2.19. The van der Waals surface area contributed by atoms with Crippen LogP contribution in [0, 0.1) is 11.7 Å². The number of hydrogen-bond acceptors (Lipinski definition) is 2. The Morgan fingerprint density at radius 3 is 2.75 bits per heavy atom. The second kappa shape index (κ2) is 5.25. The van der Waals surface area contributed by atoms with Crippen LogP contribution in [0.1, 0.15) is 24.5 Å². The first-order valence-corrected chi connectivity index (χ1v) is 6.19. The lowest BCUT2D eigenvalue weighted by Crippen LogP contribution is -2.22. The molecule has 2 rings (SSSR count). The molecule has 0 spiro atoms. The Morgan fingerprint density at radius 1 is 1.38 bits per heavy atom. The van der Waals surface area contributed by atoms with Gasteiger partial charge in [0.2, 0.25) is 0 Å². The Morgan fingerprint density at radius 2 is 2.06 bits per heavy atom. The molecule has 2 nitrogen and oxygen atoms in total. The Labute approximate surface area is 103 Å². The van der Waals surface area contributed by atoms with Crippen molar-refractivity contribution in [3.05, 3.63) is 34.1 Å². The molecule has 0 bridgehead atoms. The summed E-state index contributed by atoms with van der Waals surface area (Å²) < 4.78 is 19.4. The maximum Gasteiger partial charge on any atom is 0.143 e. The van der Waals surface area contributed by atoms with E-state index in [0.717, 1.165) is 12.8 Å². The Kier molecular flexibility index (Phi) is 3.95. The molecule has 1 aromatic carbocycles. The van der Waals surface area contributed by atoms with Crippen molar-refractivity contribution in [1.29, 1.82) is 0 Å². The van der Waals surface area contributed by atoms with Crippen LogP contribution >= 0.6 is 15.9 Å². The fraction of sp³-hybridized carbons (Fsp3) is 0.500. The van der Waals surface area contributed by atoms with Crippen LogP contribution in [0.4, 0.5) is 4.39 Å². The molecule has 1 aliphatic rings. The lowest BCUT2D eigenvalue weighted by atomic mass is 9.89. The molecule has 1 atom stereocenters. The second-order valence-corrected chi connectivity index (χ2v) is 4.89. The van der Waals surface area contributed by atoms with E-state index in [2.05, 4.69) is 15.9 Å². The zero-order chi connectivity index (χ0) is 11.5. The highest BCUT2D eigenvalue weighted by molar-refractivity contribution is 9.10. The molecule has 1 N–H and O–H groups in total. The van der Waals surface area contributed by atoms with Crippen molar-refractivity contribution < 1.29 is 14.2 Å². The summed E-state index contributed by atoms with van der Waals surface area (Å²) in [4.78, 5) is 0. The fourth-order valence-electron chi connectivity index (χ4n) is 2.03. The van der Waals surface area contributed by atoms with Crippen LogP contribution in [0.15, 0.2) is 22.7 Å². The van der Waals surface area contributed by atoms with Crippen molar-refractivity contribution in [3.63, 3.8) is 0 Å². The first kappa shape index (κ1) is 12.0. The highest BCUT2D eigenvalue weighted by atomic mass is 79.9. The van der Waals surface area contributed by atoms with Gasteiger partial charge in [0, 0.05) is 18.8 Å². The van der Waals surface area contributed by atoms with Gasteiger partial charge in [-0.05, 0) is 40.8 Å². The normalized spacial score (nSPS) is 19.7. The summed E-state index contributed by atoms with van der Waals surface area (Å²) in [6, 6.07) is 5.01. The molecule has 1 saturated heterocycles. The molecule has 4 heteroatoms. The van der Waals surface area contributed by atoms with Crippen LogP contribution in [0.25, 0.3) is 0 Å². The van der Waals surface area contributed by atoms with Gasteiger partial charge in [0.25, 0.3) is 0 Å². The molecule has 1 heterocycles. The van der Waals surface area contributed by atoms with E-state index in [1.165, 1.54) is 0 Å². The molecule has 16 heavy (non-hydrogen) atoms. The average molecular weight is 289 g/mol. The van der Waals surface area contributed by atoms with Crippen molar-refractivity contribution in [1.82, 2.24) is 0 Å². The monoisotopic (exact) mass is 288 g/mol. The molecule has 0 amide bonds. The van der Waals surface area contributed by atoms with Gasteiger partial charge in [-0.2, -0.15) is 0 Å². The molecule has 1 unspecified atom stereocenters. The minimum absolute atomic E-state index is 0.0950. The predicted molar refractivity (Wildman–Crippen MR) is 62.6 cm³/mol. The topological polar surface area (TPSA) is 29.5 Å². The summed E-state index contributed by atoms with van der Waals surface area (Å²) in [6.45, 7) is 1.30. The van der Waals surface area contributed by atoms with E-state index in [1.807, 2.05) is 0 Å². The zero-order valence-corrected chi connectivity index (χ0v) is 10.4. The van der Waals surface area contributed by atoms with Gasteiger partial charge in [0.1, 0.15) is 5.82 Å². The minimum atomic E-state index is -0.735. The highest BCUT2D eigenvalue weighted by Crippen LogP contribution is 2.33. The summed E-state index contributed by atoms with van der Waals surface area (Å²) in [5, 5.41) is 10.1. The third kappa shape index (κ3) is 2.44. The fourth-order valence-corrected chi connectivity index (χ4v) is 2.42. The molecule has 0 saturated carbocycles. The molecule has 1 aliphatic heterocycles. The third-order valence-electron chi connectivity index (χ3n) is 3.01. The lowest BCUT2D eigenvalue weighted by molar-refractivity contribution is 0.00585. The van der Waals surface area contributed by atoms with E-state index < -0.39 is 6.10 Å². The van der Waals surface area contributed by atoms with Gasteiger partial charge >= 0.3 is 0 Å². The number of ether oxygens (including phenoxy) is 1. The van der Waals surface area contributed by atoms with Crippen LogP contribution in [0.3, 0.4) is 0 Å². The molecule has 88 valence electrons. The minimum Gasteiger partial charge on any atom is -0.388 e. The Bertz CT molecular complexity index is 364. The molecule has 0 aromatic heterocycles. The van der Waals surface area contributed by atoms with E-state index in [1.54, 1.807) is 18.2 Å². The maximum atomic E-state index is 13.8. The van der Waals surface area contributed by atoms with Gasteiger partial charge in [-0.3, -0.25) is 0 Å². The van der Waals surface area contributed by atoms with E-state index >= 15 is 0 Å². The average Bonchev–Trinajstić information content (AvgIpc) is 2.33. The first-order valence-electron chi connectivity index (χ1n) is 5.40. The van der Waals surface area contributed by atoms with E-state index in [9.17, 15) is 9.50 Å². The largest absolute Gasteiger partial charge is 0.388 e. The SMILES string of the molecule is OC(c1cccc(Br)c1F)C1CCOCC1. The Hall–Kier alpha value is -0.450. The summed E-state index contributed by atoms with van der Waals surface area (Å²) in [6.07, 6.45) is 0.835. The third-order valence-corrected chi connectivity index (χ3v) is 3.63. The van der Waals surface area contributed by atoms with Gasteiger partial charge < -0.3 is 9.84 Å². The number of rotatable bonds is 2. The number of benzene rings is 1. The smallest absolute Gasteiger partial charge is 0.143 e. The van der Waals surface area contributed by atoms with Crippen molar-refractivity contribution in [2.24, 2.45) is 5.92 Å². The van der Waals surface area contributed by atoms with Crippen molar-refractivity contribution in [2.75, 3.05) is 13.2 Å². The standard InChI is InChI=1S/C12H14BrFO2/c13-10-3-1-2-9(11(10)14)12(15)8-4-6-16-7-5-8/h1-3,8,12,15H,4-7H2. The number of hydrogen-bond donors (Lipinski definition) is 1. The van der Waals surface area contributed by atoms with Gasteiger partial charge in [-0.1, -0.05) is 12.1 Å². The number of halogens is 2. The van der Waals surface area contributed by atoms with Gasteiger partial charge in [-0.15, -0.1) is 0 Å². The molecular formula is C12H14BrFO2. The second-order valence-electron chi connectivity index (χ2n) is 4.04. The summed E-state index contributed by atoms with van der Waals surface area (Å²) in [5.74, 6) is -0.265. The van der Waals surface area contributed by atoms with Gasteiger partial charge in [0.15, 0.2) is 0 Å². The molecule has 0 radical (unpaired) electrons. The summed E-state index contributed by atoms with van der Waals surface area (Å²) >= 11 is 3.13. The lowest BCUT2D eigenvalue weighted by Gasteiger charge is -2.27. The maximum absolute atomic E-state index is 13.8. The van der Waals surface area contributed by atoms with Crippen LogP contribution < -0.4 is 0 Å². The van der Waals surface area contributed by atoms with Crippen molar-refractivity contribution >= 4 is 15.9 Å². The van der Waals surface area contributed by atoms with E-state index in [4.69, 9.17) is 4.74 Å². The van der Waals surface area contributed by atoms with E-state index in [0.29, 0.717) is 23.2 Å². The van der Waals surface area contributed by atoms with Gasteiger partial charge in [-0.25, -0.2) is 4.39 Å². The van der Waals surface area contributed by atoms with Crippen LogP contribution in [-0.4, -0.2) is 18.3 Å². The number of aliphatic hydroxyl groups excluding tert-OH is 1. The first-order chi connectivity index (χ1) is 7.70. The summed E-state index contributed by atoms with van der Waals surface area (Å²) in [7, 11) is 0. The van der Waals surface area contributed by atoms with Crippen molar-refractivity contribution in [3.8, 4) is 0 Å². The molecule has 1 fully saturated rings. The van der Waals surface area contributed by atoms with Crippen LogP contribution in [0.2, 0.25) is 0 Å². The van der Waals surface area contributed by atoms with Crippen LogP contribution in [0.5, 0.6) is 0 Å². The van der Waals surface area contributed by atoms with E-state index in [-0.39, 0.29) is 11.7 Å². The highest BCUT2D eigenvalue weighted by Gasteiger charge is 2.26. The summed E-state index contributed by atoms with van der Waals surface area (Å²) in [5.41, 5.74) is 0.376. The molecular weight excluding hydrogens is 275 g/mol. The van der Waals surface area contributed by atoms with Gasteiger partial charge in [0.05, 0.1) is 10.6 Å². The van der Waals surface area contributed by atoms with Crippen molar-refractivity contribution in [2.45, 2.75) is 18.9 Å². The molecule has 0 aliphatic carbocycles. The predicted octanol–water partition coefficient (Wildman–Crippen LogP) is 3.05. The van der Waals surface area contributed by atoms with Crippen LogP contribution in [-0.2, 0) is 4.74 Å². The number of aliphatic hydroxyl groups is 1. The molecule has 1 aromatic rings.